The van der Waals surface area contributed by atoms with Gasteiger partial charge in [0.1, 0.15) is 12.2 Å². The molecular weight excluding hydrogens is 416 g/mol. The lowest BCUT2D eigenvalue weighted by Gasteiger charge is -2.27. The minimum atomic E-state index is 0.0261. The van der Waals surface area contributed by atoms with Crippen molar-refractivity contribution < 1.29 is 8.99 Å². The van der Waals surface area contributed by atoms with E-state index in [1.165, 1.54) is 16.3 Å². The Morgan fingerprint density at radius 3 is 2.65 bits per heavy atom. The highest BCUT2D eigenvalue weighted by molar-refractivity contribution is 5.94. The minimum absolute atomic E-state index is 0.0261. The number of fused-ring (bicyclic) bond motifs is 2. The Morgan fingerprint density at radius 2 is 1.88 bits per heavy atom. The number of allylic oxidation sites excluding steroid dienone is 2. The van der Waals surface area contributed by atoms with Gasteiger partial charge in [0.25, 0.3) is 0 Å². The normalized spacial score (nSPS) is 14.5. The average Bonchev–Trinajstić information content (AvgIpc) is 3.20. The SMILES string of the molecule is C=[N+]1C=CC(c2cncc3[o+][c-](CC(C)C)cc23)=C[C-]1c1cc(C(C)(C)C)c2ccccc2c1. The van der Waals surface area contributed by atoms with Gasteiger partial charge in [-0.2, -0.15) is 0 Å². The van der Waals surface area contributed by atoms with Crippen LogP contribution >= 0.6 is 0 Å². The van der Waals surface area contributed by atoms with Gasteiger partial charge in [-0.3, -0.25) is 9.56 Å². The Kier molecular flexibility index (Phi) is 5.44. The highest BCUT2D eigenvalue weighted by atomic mass is 16.3. The van der Waals surface area contributed by atoms with Crippen LogP contribution in [0.1, 0.15) is 57.1 Å². The summed E-state index contributed by atoms with van der Waals surface area (Å²) >= 11 is 0. The Labute approximate surface area is 202 Å². The molecule has 172 valence electrons. The molecule has 0 atom stereocenters. The second-order valence-electron chi connectivity index (χ2n) is 10.7. The van der Waals surface area contributed by atoms with Crippen molar-refractivity contribution in [2.75, 3.05) is 0 Å². The lowest BCUT2D eigenvalue weighted by molar-refractivity contribution is -0.417. The Bertz CT molecular complexity index is 1460. The summed E-state index contributed by atoms with van der Waals surface area (Å²) in [7, 11) is 0. The van der Waals surface area contributed by atoms with E-state index in [0.717, 1.165) is 45.9 Å². The van der Waals surface area contributed by atoms with Gasteiger partial charge >= 0.3 is 0 Å². The van der Waals surface area contributed by atoms with Crippen LogP contribution in [0.4, 0.5) is 0 Å². The fourth-order valence-electron chi connectivity index (χ4n) is 4.77. The zero-order valence-electron chi connectivity index (χ0n) is 20.7. The maximum Gasteiger partial charge on any atom is 0.226 e. The molecule has 0 saturated carbocycles. The van der Waals surface area contributed by atoms with Crippen molar-refractivity contribution in [1.29, 1.82) is 0 Å². The predicted octanol–water partition coefficient (Wildman–Crippen LogP) is 7.68. The molecule has 0 amide bonds. The summed E-state index contributed by atoms with van der Waals surface area (Å²) in [6, 6.07) is 16.5. The van der Waals surface area contributed by atoms with Crippen molar-refractivity contribution in [1.82, 2.24) is 4.98 Å². The first kappa shape index (κ1) is 22.2. The number of hydrogen-bond acceptors (Lipinski definition) is 1. The summed E-state index contributed by atoms with van der Waals surface area (Å²) in [4.78, 5) is 4.48. The number of aromatic nitrogens is 1. The van der Waals surface area contributed by atoms with Crippen molar-refractivity contribution in [3.05, 3.63) is 102 Å². The molecule has 34 heavy (non-hydrogen) atoms. The molecule has 3 heteroatoms. The summed E-state index contributed by atoms with van der Waals surface area (Å²) in [6.07, 6.45) is 11.0. The Balaban J connectivity index is 1.63. The van der Waals surface area contributed by atoms with Crippen molar-refractivity contribution in [2.24, 2.45) is 5.92 Å². The summed E-state index contributed by atoms with van der Waals surface area (Å²) in [5.41, 5.74) is 5.54. The highest BCUT2D eigenvalue weighted by Crippen LogP contribution is 2.37. The molecule has 0 N–H and O–H groups in total. The average molecular weight is 449 g/mol. The van der Waals surface area contributed by atoms with Gasteiger partial charge in [0.05, 0.1) is 12.9 Å². The van der Waals surface area contributed by atoms with E-state index in [4.69, 9.17) is 4.42 Å². The summed E-state index contributed by atoms with van der Waals surface area (Å²) in [5, 5.41) is 3.65. The van der Waals surface area contributed by atoms with Crippen molar-refractivity contribution in [3.8, 4) is 0 Å². The van der Waals surface area contributed by atoms with Crippen molar-refractivity contribution >= 4 is 34.0 Å². The van der Waals surface area contributed by atoms with Crippen LogP contribution in [0.15, 0.2) is 77.6 Å². The fourth-order valence-corrected chi connectivity index (χ4v) is 4.77. The molecule has 1 aliphatic rings. The quantitative estimate of drug-likeness (QED) is 0.182. The molecule has 4 aromatic rings. The third-order valence-electron chi connectivity index (χ3n) is 6.42. The molecule has 0 saturated heterocycles. The van der Waals surface area contributed by atoms with Crippen molar-refractivity contribution in [2.45, 2.75) is 46.5 Å². The van der Waals surface area contributed by atoms with Crippen LogP contribution in [0.25, 0.3) is 27.3 Å². The van der Waals surface area contributed by atoms with Crippen LogP contribution in [-0.4, -0.2) is 16.3 Å². The van der Waals surface area contributed by atoms with Gasteiger partial charge in [0.2, 0.25) is 11.3 Å². The number of furan rings is 1. The molecular formula is C31H32N2O. The summed E-state index contributed by atoms with van der Waals surface area (Å²) in [6.45, 7) is 15.5. The first-order valence-corrected chi connectivity index (χ1v) is 12.0. The number of pyridine rings is 1. The third-order valence-corrected chi connectivity index (χ3v) is 6.42. The van der Waals surface area contributed by atoms with Crippen LogP contribution in [0.2, 0.25) is 0 Å². The predicted molar refractivity (Wildman–Crippen MR) is 142 cm³/mol. The smallest absolute Gasteiger partial charge is 0.226 e. The largest absolute Gasteiger partial charge is 0.339 e. The van der Waals surface area contributed by atoms with Crippen LogP contribution in [-0.2, 0) is 11.8 Å². The van der Waals surface area contributed by atoms with E-state index < -0.39 is 0 Å². The Morgan fingerprint density at radius 1 is 1.09 bits per heavy atom. The third kappa shape index (κ3) is 4.07. The summed E-state index contributed by atoms with van der Waals surface area (Å²) < 4.78 is 8.05. The number of benzene rings is 2. The van der Waals surface area contributed by atoms with E-state index in [9.17, 15) is 0 Å². The number of nitrogens with zero attached hydrogens (tertiary/aromatic N) is 2. The molecule has 3 nitrogen and oxygen atoms in total. The van der Waals surface area contributed by atoms with E-state index in [0.29, 0.717) is 5.92 Å². The van der Waals surface area contributed by atoms with Crippen LogP contribution < -0.4 is 0 Å². The standard InChI is InChI=1S/C31H32N2O/c1-20(2)13-24-17-26-27(18-32-19-30(26)34-24)22-11-12-33(6)29(16-22)23-14-21-9-7-8-10-25(21)28(15-23)31(3,4)5/h7-12,14-20H,6,13H2,1-5H3. The van der Waals surface area contributed by atoms with Gasteiger partial charge in [-0.25, -0.2) is 0 Å². The van der Waals surface area contributed by atoms with Crippen molar-refractivity contribution in [3.63, 3.8) is 0 Å². The number of hydrogen-bond donors (Lipinski definition) is 0. The molecule has 0 aliphatic carbocycles. The van der Waals surface area contributed by atoms with E-state index in [1.54, 1.807) is 0 Å². The Hall–Kier alpha value is -3.59. The molecule has 0 spiro atoms. The van der Waals surface area contributed by atoms with Gasteiger partial charge in [-0.1, -0.05) is 99.2 Å². The first-order valence-electron chi connectivity index (χ1n) is 12.0. The molecule has 2 aromatic carbocycles. The van der Waals surface area contributed by atoms with Gasteiger partial charge in [0.15, 0.2) is 0 Å². The van der Waals surface area contributed by atoms with Gasteiger partial charge in [-0.15, -0.1) is 0 Å². The zero-order chi connectivity index (χ0) is 24.0. The van der Waals surface area contributed by atoms with Crippen LogP contribution in [0, 0.1) is 12.0 Å². The molecule has 5 rings (SSSR count). The maximum absolute atomic E-state index is 6.10. The van der Waals surface area contributed by atoms with Gasteiger partial charge < -0.3 is 4.42 Å². The second kappa shape index (κ2) is 8.32. The molecule has 0 unspecified atom stereocenters. The van der Waals surface area contributed by atoms with E-state index >= 15 is 0 Å². The highest BCUT2D eigenvalue weighted by Gasteiger charge is 2.23. The maximum atomic E-state index is 6.10. The van der Waals surface area contributed by atoms with Gasteiger partial charge in [-0.05, 0) is 39.8 Å². The zero-order valence-corrected chi connectivity index (χ0v) is 20.7. The molecule has 2 aromatic heterocycles. The molecule has 3 heterocycles. The fraction of sp³-hybridized carbons (Fsp3) is 0.258. The second-order valence-corrected chi connectivity index (χ2v) is 10.7. The minimum Gasteiger partial charge on any atom is -0.339 e. The molecule has 0 fully saturated rings. The lowest BCUT2D eigenvalue weighted by Crippen LogP contribution is -2.17. The van der Waals surface area contributed by atoms with Crippen LogP contribution in [0.3, 0.4) is 0 Å². The monoisotopic (exact) mass is 448 g/mol. The van der Waals surface area contributed by atoms with E-state index in [2.05, 4.69) is 101 Å². The van der Waals surface area contributed by atoms with E-state index in [-0.39, 0.29) is 5.41 Å². The number of rotatable bonds is 4. The molecule has 1 aliphatic heterocycles. The van der Waals surface area contributed by atoms with Gasteiger partial charge in [0, 0.05) is 12.6 Å². The topological polar surface area (TPSA) is 27.2 Å². The molecule has 0 radical (unpaired) electrons. The van der Waals surface area contributed by atoms with Crippen LogP contribution in [0.5, 0.6) is 0 Å². The lowest BCUT2D eigenvalue weighted by atomic mass is 9.81. The first-order chi connectivity index (χ1) is 16.2. The van der Waals surface area contributed by atoms with E-state index in [1.807, 2.05) is 23.2 Å². The molecule has 0 bridgehead atoms. The summed E-state index contributed by atoms with van der Waals surface area (Å²) in [5.74, 6) is 1.54.